The maximum absolute atomic E-state index is 4.93. The number of pyridine rings is 1. The lowest BCUT2D eigenvalue weighted by molar-refractivity contribution is 0.585. The van der Waals surface area contributed by atoms with Crippen LogP contribution in [0.15, 0.2) is 36.5 Å². The molecule has 1 saturated heterocycles. The van der Waals surface area contributed by atoms with Crippen molar-refractivity contribution in [1.82, 2.24) is 25.5 Å². The van der Waals surface area contributed by atoms with Crippen LogP contribution in [0, 0.1) is 13.8 Å². The number of hydrogen-bond donors (Lipinski definition) is 2. The first-order valence-corrected chi connectivity index (χ1v) is 10.4. The summed E-state index contributed by atoms with van der Waals surface area (Å²) >= 11 is 1.69. The Morgan fingerprint density at radius 2 is 1.93 bits per heavy atom. The van der Waals surface area contributed by atoms with Crippen LogP contribution in [0.1, 0.15) is 10.4 Å². The third-order valence-electron chi connectivity index (χ3n) is 5.26. The Bertz CT molecular complexity index is 1120. The molecule has 0 spiro atoms. The van der Waals surface area contributed by atoms with Crippen molar-refractivity contribution >= 4 is 28.1 Å². The number of para-hydroxylation sites is 1. The van der Waals surface area contributed by atoms with E-state index in [4.69, 9.17) is 9.97 Å². The summed E-state index contributed by atoms with van der Waals surface area (Å²) in [6, 6.07) is 10.5. The molecule has 0 amide bonds. The number of aromatic amines is 1. The van der Waals surface area contributed by atoms with Gasteiger partial charge in [-0.15, -0.1) is 11.3 Å². The van der Waals surface area contributed by atoms with E-state index in [1.54, 1.807) is 11.3 Å². The third kappa shape index (κ3) is 2.96. The molecule has 1 aliphatic heterocycles. The van der Waals surface area contributed by atoms with Crippen LogP contribution in [0.25, 0.3) is 32.9 Å². The van der Waals surface area contributed by atoms with E-state index in [1.807, 2.05) is 6.20 Å². The van der Waals surface area contributed by atoms with Gasteiger partial charge in [-0.2, -0.15) is 5.10 Å². The fraction of sp³-hybridized carbons (Fsp3) is 0.286. The number of piperazine rings is 1. The Balaban J connectivity index is 1.48. The number of nitrogens with zero attached hydrogens (tertiary/aromatic N) is 4. The molecule has 2 N–H and O–H groups in total. The molecular weight excluding hydrogens is 368 g/mol. The number of rotatable bonds is 3. The molecular formula is C21H22N6S. The van der Waals surface area contributed by atoms with Crippen LogP contribution in [0.4, 0.5) is 5.82 Å². The molecule has 142 valence electrons. The highest BCUT2D eigenvalue weighted by atomic mass is 32.1. The summed E-state index contributed by atoms with van der Waals surface area (Å²) in [6.07, 6.45) is 1.94. The highest BCUT2D eigenvalue weighted by molar-refractivity contribution is 7.15. The molecule has 0 atom stereocenters. The minimum absolute atomic E-state index is 0.965. The molecule has 0 saturated carbocycles. The topological polar surface area (TPSA) is 69.7 Å². The van der Waals surface area contributed by atoms with Gasteiger partial charge in [-0.05, 0) is 31.5 Å². The minimum Gasteiger partial charge on any atom is -0.354 e. The zero-order valence-corrected chi connectivity index (χ0v) is 16.8. The standard InChI is InChI=1S/C21H22N6S/c1-13-4-3-5-16-18(13)25-26-20(16)21-24-19(14(2)28-21)15-6-7-17(23-12-15)27-10-8-22-9-11-27/h3-7,12,22H,8-11H2,1-2H3,(H,25,26). The second kappa shape index (κ2) is 7.00. The van der Waals surface area contributed by atoms with Gasteiger partial charge < -0.3 is 10.2 Å². The predicted octanol–water partition coefficient (Wildman–Crippen LogP) is 3.77. The molecule has 4 heterocycles. The van der Waals surface area contributed by atoms with Gasteiger partial charge in [-0.3, -0.25) is 5.10 Å². The van der Waals surface area contributed by atoms with Crippen LogP contribution in [-0.2, 0) is 0 Å². The zero-order chi connectivity index (χ0) is 19.1. The molecule has 3 aromatic heterocycles. The summed E-state index contributed by atoms with van der Waals surface area (Å²) in [5.74, 6) is 1.04. The summed E-state index contributed by atoms with van der Waals surface area (Å²) in [5, 5.41) is 13.1. The van der Waals surface area contributed by atoms with Crippen LogP contribution in [0.2, 0.25) is 0 Å². The van der Waals surface area contributed by atoms with Crippen molar-refractivity contribution in [2.75, 3.05) is 31.1 Å². The molecule has 4 aromatic rings. The van der Waals surface area contributed by atoms with Gasteiger partial charge in [0.25, 0.3) is 0 Å². The fourth-order valence-electron chi connectivity index (χ4n) is 3.72. The highest BCUT2D eigenvalue weighted by Gasteiger charge is 2.17. The van der Waals surface area contributed by atoms with Crippen molar-refractivity contribution in [3.63, 3.8) is 0 Å². The number of H-pyrrole nitrogens is 1. The summed E-state index contributed by atoms with van der Waals surface area (Å²) in [6.45, 7) is 8.21. The van der Waals surface area contributed by atoms with Crippen LogP contribution >= 0.6 is 11.3 Å². The minimum atomic E-state index is 0.965. The van der Waals surface area contributed by atoms with Gasteiger partial charge in [0.2, 0.25) is 0 Å². The maximum atomic E-state index is 4.93. The Morgan fingerprint density at radius 1 is 1.07 bits per heavy atom. The van der Waals surface area contributed by atoms with Gasteiger partial charge in [0, 0.05) is 48.2 Å². The van der Waals surface area contributed by atoms with Gasteiger partial charge in [0.1, 0.15) is 16.5 Å². The SMILES string of the molecule is Cc1sc(-c2[nH]nc3c(C)cccc23)nc1-c1ccc(N2CCNCC2)nc1. The Kier molecular flexibility index (Phi) is 4.33. The van der Waals surface area contributed by atoms with E-state index >= 15 is 0 Å². The van der Waals surface area contributed by atoms with Crippen molar-refractivity contribution in [3.05, 3.63) is 47.0 Å². The molecule has 0 aliphatic carbocycles. The quantitative estimate of drug-likeness (QED) is 0.557. The first-order chi connectivity index (χ1) is 13.7. The van der Waals surface area contributed by atoms with Gasteiger partial charge in [0.15, 0.2) is 0 Å². The number of benzene rings is 1. The molecule has 1 aromatic carbocycles. The molecule has 28 heavy (non-hydrogen) atoms. The first-order valence-electron chi connectivity index (χ1n) is 9.54. The van der Waals surface area contributed by atoms with Crippen molar-refractivity contribution in [3.8, 4) is 22.0 Å². The van der Waals surface area contributed by atoms with Crippen LogP contribution < -0.4 is 10.2 Å². The van der Waals surface area contributed by atoms with E-state index in [2.05, 4.69) is 64.6 Å². The summed E-state index contributed by atoms with van der Waals surface area (Å²) in [5.41, 5.74) is 5.22. The van der Waals surface area contributed by atoms with E-state index in [1.165, 1.54) is 10.4 Å². The molecule has 7 heteroatoms. The van der Waals surface area contributed by atoms with Crippen LogP contribution in [-0.4, -0.2) is 46.3 Å². The lowest BCUT2D eigenvalue weighted by atomic mass is 10.1. The zero-order valence-electron chi connectivity index (χ0n) is 16.0. The fourth-order valence-corrected chi connectivity index (χ4v) is 4.67. The monoisotopic (exact) mass is 390 g/mol. The number of thiazole rings is 1. The van der Waals surface area contributed by atoms with E-state index in [0.29, 0.717) is 0 Å². The van der Waals surface area contributed by atoms with Gasteiger partial charge in [0.05, 0.1) is 11.2 Å². The average molecular weight is 391 g/mol. The third-order valence-corrected chi connectivity index (χ3v) is 6.25. The van der Waals surface area contributed by atoms with Crippen LogP contribution in [0.5, 0.6) is 0 Å². The van der Waals surface area contributed by atoms with Gasteiger partial charge >= 0.3 is 0 Å². The number of aryl methyl sites for hydroxylation is 2. The maximum Gasteiger partial charge on any atom is 0.142 e. The summed E-state index contributed by atoms with van der Waals surface area (Å²) in [4.78, 5) is 13.1. The smallest absolute Gasteiger partial charge is 0.142 e. The number of hydrogen-bond acceptors (Lipinski definition) is 6. The number of aromatic nitrogens is 4. The Hall–Kier alpha value is -2.77. The number of nitrogens with one attached hydrogen (secondary N) is 2. The first kappa shape index (κ1) is 17.3. The lowest BCUT2D eigenvalue weighted by Gasteiger charge is -2.28. The molecule has 0 radical (unpaired) electrons. The van der Waals surface area contributed by atoms with Crippen molar-refractivity contribution < 1.29 is 0 Å². The molecule has 5 rings (SSSR count). The van der Waals surface area contributed by atoms with Crippen molar-refractivity contribution in [2.24, 2.45) is 0 Å². The largest absolute Gasteiger partial charge is 0.354 e. The number of anilines is 1. The normalized spacial score (nSPS) is 14.7. The second-order valence-corrected chi connectivity index (χ2v) is 8.34. The van der Waals surface area contributed by atoms with E-state index < -0.39 is 0 Å². The van der Waals surface area contributed by atoms with E-state index in [9.17, 15) is 0 Å². The second-order valence-electron chi connectivity index (χ2n) is 7.14. The van der Waals surface area contributed by atoms with Crippen LogP contribution in [0.3, 0.4) is 0 Å². The Morgan fingerprint density at radius 3 is 2.71 bits per heavy atom. The molecule has 0 unspecified atom stereocenters. The van der Waals surface area contributed by atoms with E-state index in [0.717, 1.165) is 64.9 Å². The van der Waals surface area contributed by atoms with E-state index in [-0.39, 0.29) is 0 Å². The van der Waals surface area contributed by atoms with Gasteiger partial charge in [-0.25, -0.2) is 9.97 Å². The highest BCUT2D eigenvalue weighted by Crippen LogP contribution is 2.36. The summed E-state index contributed by atoms with van der Waals surface area (Å²) in [7, 11) is 0. The van der Waals surface area contributed by atoms with Crippen molar-refractivity contribution in [1.29, 1.82) is 0 Å². The Labute approximate surface area is 167 Å². The van der Waals surface area contributed by atoms with Crippen molar-refractivity contribution in [2.45, 2.75) is 13.8 Å². The lowest BCUT2D eigenvalue weighted by Crippen LogP contribution is -2.43. The molecule has 1 fully saturated rings. The molecule has 0 bridgehead atoms. The predicted molar refractivity (Wildman–Crippen MR) is 115 cm³/mol. The number of fused-ring (bicyclic) bond motifs is 1. The molecule has 6 nitrogen and oxygen atoms in total. The molecule has 1 aliphatic rings. The average Bonchev–Trinajstić information content (AvgIpc) is 3.33. The summed E-state index contributed by atoms with van der Waals surface area (Å²) < 4.78 is 0. The van der Waals surface area contributed by atoms with Gasteiger partial charge in [-0.1, -0.05) is 18.2 Å².